The lowest BCUT2D eigenvalue weighted by Gasteiger charge is -2.21. The smallest absolute Gasteiger partial charge is 0.0446 e. The van der Waals surface area contributed by atoms with Crippen LogP contribution in [0.5, 0.6) is 0 Å². The van der Waals surface area contributed by atoms with Gasteiger partial charge in [-0.25, -0.2) is 0 Å². The maximum absolute atomic E-state index is 6.33. The van der Waals surface area contributed by atoms with Gasteiger partial charge in [-0.15, -0.1) is 0 Å². The van der Waals surface area contributed by atoms with E-state index in [1.165, 1.54) is 11.1 Å². The number of rotatable bonds is 3. The minimum Gasteiger partial charge on any atom is -0.0925 e. The molecule has 0 radical (unpaired) electrons. The minimum absolute atomic E-state index is 0.122. The molecule has 0 saturated heterocycles. The fourth-order valence-electron chi connectivity index (χ4n) is 1.75. The quantitative estimate of drug-likeness (QED) is 0.672. The summed E-state index contributed by atoms with van der Waals surface area (Å²) >= 11 is 9.83. The van der Waals surface area contributed by atoms with Gasteiger partial charge in [-0.2, -0.15) is 0 Å². The molecule has 0 bridgehead atoms. The van der Waals surface area contributed by atoms with Gasteiger partial charge in [-0.05, 0) is 34.9 Å². The van der Waals surface area contributed by atoms with Crippen LogP contribution in [0, 0.1) is 5.92 Å². The zero-order valence-electron chi connectivity index (χ0n) is 10.5. The van der Waals surface area contributed by atoms with Gasteiger partial charge in [0.2, 0.25) is 0 Å². The van der Waals surface area contributed by atoms with Crippen molar-refractivity contribution >= 4 is 27.5 Å². The standard InChI is InChI=1S/C14H20BrCl/c1-10(9-15)7-11-5-6-12(13(16)8-11)14(2,3)4/h5-6,8,10H,7,9H2,1-4H3. The van der Waals surface area contributed by atoms with Gasteiger partial charge >= 0.3 is 0 Å². The highest BCUT2D eigenvalue weighted by atomic mass is 79.9. The third-order valence-electron chi connectivity index (χ3n) is 2.69. The second-order valence-corrected chi connectivity index (χ2v) is 6.58. The largest absolute Gasteiger partial charge is 0.0925 e. The first-order valence-electron chi connectivity index (χ1n) is 5.69. The summed E-state index contributed by atoms with van der Waals surface area (Å²) in [4.78, 5) is 0. The summed E-state index contributed by atoms with van der Waals surface area (Å²) in [5.74, 6) is 0.650. The van der Waals surface area contributed by atoms with E-state index in [2.05, 4.69) is 61.8 Å². The predicted molar refractivity (Wildman–Crippen MR) is 76.8 cm³/mol. The molecule has 0 spiro atoms. The van der Waals surface area contributed by atoms with Crippen LogP contribution in [0.1, 0.15) is 38.8 Å². The summed E-state index contributed by atoms with van der Waals surface area (Å²) in [7, 11) is 0. The molecule has 0 fully saturated rings. The monoisotopic (exact) mass is 302 g/mol. The van der Waals surface area contributed by atoms with E-state index in [-0.39, 0.29) is 5.41 Å². The van der Waals surface area contributed by atoms with Gasteiger partial charge in [0.25, 0.3) is 0 Å². The van der Waals surface area contributed by atoms with Gasteiger partial charge in [-0.3, -0.25) is 0 Å². The molecule has 0 saturated carbocycles. The lowest BCUT2D eigenvalue weighted by molar-refractivity contribution is 0.589. The van der Waals surface area contributed by atoms with Crippen LogP contribution in [0.3, 0.4) is 0 Å². The van der Waals surface area contributed by atoms with E-state index in [1.807, 2.05) is 0 Å². The molecule has 0 aliphatic carbocycles. The van der Waals surface area contributed by atoms with E-state index < -0.39 is 0 Å². The van der Waals surface area contributed by atoms with Crippen molar-refractivity contribution in [3.05, 3.63) is 34.3 Å². The van der Waals surface area contributed by atoms with E-state index in [9.17, 15) is 0 Å². The van der Waals surface area contributed by atoms with Crippen molar-refractivity contribution in [3.8, 4) is 0 Å². The summed E-state index contributed by atoms with van der Waals surface area (Å²) in [6.45, 7) is 8.80. The Labute approximate surface area is 113 Å². The fourth-order valence-corrected chi connectivity index (χ4v) is 2.47. The van der Waals surface area contributed by atoms with Crippen LogP contribution in [0.2, 0.25) is 5.02 Å². The van der Waals surface area contributed by atoms with Gasteiger partial charge in [0.05, 0.1) is 0 Å². The van der Waals surface area contributed by atoms with Gasteiger partial charge in [0, 0.05) is 10.4 Å². The Hall–Kier alpha value is -0.0100. The average Bonchev–Trinajstić information content (AvgIpc) is 2.15. The Morgan fingerprint density at radius 1 is 1.31 bits per heavy atom. The van der Waals surface area contributed by atoms with Crippen molar-refractivity contribution in [1.82, 2.24) is 0 Å². The topological polar surface area (TPSA) is 0 Å². The van der Waals surface area contributed by atoms with Crippen molar-refractivity contribution < 1.29 is 0 Å². The molecule has 1 aromatic carbocycles. The molecule has 1 atom stereocenters. The van der Waals surface area contributed by atoms with Crippen LogP contribution < -0.4 is 0 Å². The normalized spacial score (nSPS) is 13.9. The molecular weight excluding hydrogens is 284 g/mol. The second-order valence-electron chi connectivity index (χ2n) is 5.53. The molecule has 0 amide bonds. The third-order valence-corrected chi connectivity index (χ3v) is 4.11. The molecule has 0 heterocycles. The molecule has 0 N–H and O–H groups in total. The molecule has 0 aliphatic rings. The van der Waals surface area contributed by atoms with E-state index in [0.717, 1.165) is 16.8 Å². The number of benzene rings is 1. The fraction of sp³-hybridized carbons (Fsp3) is 0.571. The summed E-state index contributed by atoms with van der Waals surface area (Å²) in [5, 5.41) is 1.93. The molecule has 0 nitrogen and oxygen atoms in total. The minimum atomic E-state index is 0.122. The van der Waals surface area contributed by atoms with Gasteiger partial charge in [0.15, 0.2) is 0 Å². The maximum Gasteiger partial charge on any atom is 0.0446 e. The number of halogens is 2. The van der Waals surface area contributed by atoms with E-state index in [1.54, 1.807) is 0 Å². The molecular formula is C14H20BrCl. The molecule has 1 rings (SSSR count). The highest BCUT2D eigenvalue weighted by molar-refractivity contribution is 9.09. The van der Waals surface area contributed by atoms with E-state index >= 15 is 0 Å². The molecule has 1 aromatic rings. The highest BCUT2D eigenvalue weighted by Gasteiger charge is 2.17. The number of hydrogen-bond donors (Lipinski definition) is 0. The van der Waals surface area contributed by atoms with Gasteiger partial charge in [-0.1, -0.05) is 67.4 Å². The summed E-state index contributed by atoms with van der Waals surface area (Å²) in [5.41, 5.74) is 2.67. The molecule has 0 aromatic heterocycles. The molecule has 1 unspecified atom stereocenters. The lowest BCUT2D eigenvalue weighted by Crippen LogP contribution is -2.12. The van der Waals surface area contributed by atoms with Crippen LogP contribution in [0.25, 0.3) is 0 Å². The zero-order chi connectivity index (χ0) is 12.3. The Balaban J connectivity index is 2.91. The Morgan fingerprint density at radius 2 is 1.94 bits per heavy atom. The Bertz CT molecular complexity index is 352. The molecule has 0 aliphatic heterocycles. The maximum atomic E-state index is 6.33. The lowest BCUT2D eigenvalue weighted by atomic mass is 9.86. The summed E-state index contributed by atoms with van der Waals surface area (Å²) in [6, 6.07) is 6.48. The summed E-state index contributed by atoms with van der Waals surface area (Å²) in [6.07, 6.45) is 1.08. The SMILES string of the molecule is CC(CBr)Cc1ccc(C(C)(C)C)c(Cl)c1. The predicted octanol–water partition coefficient (Wildman–Crippen LogP) is 5.21. The number of hydrogen-bond acceptors (Lipinski definition) is 0. The molecule has 16 heavy (non-hydrogen) atoms. The van der Waals surface area contributed by atoms with Crippen molar-refractivity contribution in [2.45, 2.75) is 39.5 Å². The Kier molecular flexibility index (Phi) is 4.88. The third kappa shape index (κ3) is 3.78. The first kappa shape index (κ1) is 14.1. The van der Waals surface area contributed by atoms with Crippen LogP contribution >= 0.6 is 27.5 Å². The summed E-state index contributed by atoms with van der Waals surface area (Å²) < 4.78 is 0. The van der Waals surface area contributed by atoms with Gasteiger partial charge < -0.3 is 0 Å². The first-order valence-corrected chi connectivity index (χ1v) is 7.19. The molecule has 90 valence electrons. The van der Waals surface area contributed by atoms with Crippen molar-refractivity contribution in [1.29, 1.82) is 0 Å². The highest BCUT2D eigenvalue weighted by Crippen LogP contribution is 2.30. The van der Waals surface area contributed by atoms with Crippen LogP contribution in [0.4, 0.5) is 0 Å². The van der Waals surface area contributed by atoms with Crippen molar-refractivity contribution in [2.24, 2.45) is 5.92 Å². The number of alkyl halides is 1. The second kappa shape index (κ2) is 5.55. The van der Waals surface area contributed by atoms with Crippen LogP contribution in [0.15, 0.2) is 18.2 Å². The Morgan fingerprint density at radius 3 is 2.38 bits per heavy atom. The van der Waals surface area contributed by atoms with E-state index in [0.29, 0.717) is 5.92 Å². The first-order chi connectivity index (χ1) is 7.34. The van der Waals surface area contributed by atoms with Crippen LogP contribution in [-0.2, 0) is 11.8 Å². The zero-order valence-corrected chi connectivity index (χ0v) is 12.8. The van der Waals surface area contributed by atoms with E-state index in [4.69, 9.17) is 11.6 Å². The van der Waals surface area contributed by atoms with Crippen LogP contribution in [-0.4, -0.2) is 5.33 Å². The average molecular weight is 304 g/mol. The van der Waals surface area contributed by atoms with Crippen molar-refractivity contribution in [3.63, 3.8) is 0 Å². The van der Waals surface area contributed by atoms with Crippen molar-refractivity contribution in [2.75, 3.05) is 5.33 Å². The molecule has 2 heteroatoms. The van der Waals surface area contributed by atoms with Gasteiger partial charge in [0.1, 0.15) is 0 Å².